The SMILES string of the molecule is C[C@]1(c2cc(CC(=O)c3ccc(OC(F)F)cn3)ccc2F)N=C(N)OCC12CC2. The van der Waals surface area contributed by atoms with Crippen LogP contribution in [0.25, 0.3) is 0 Å². The fourth-order valence-electron chi connectivity index (χ4n) is 3.90. The number of nitrogens with zero attached hydrogens (tertiary/aromatic N) is 2. The zero-order valence-corrected chi connectivity index (χ0v) is 16.2. The molecule has 2 N–H and O–H groups in total. The van der Waals surface area contributed by atoms with Crippen molar-refractivity contribution in [3.05, 3.63) is 59.2 Å². The van der Waals surface area contributed by atoms with Gasteiger partial charge in [-0.2, -0.15) is 8.78 Å². The highest BCUT2D eigenvalue weighted by Crippen LogP contribution is 2.62. The molecule has 0 amide bonds. The Hall–Kier alpha value is -3.10. The van der Waals surface area contributed by atoms with E-state index in [2.05, 4.69) is 14.7 Å². The number of halogens is 3. The van der Waals surface area contributed by atoms with E-state index in [1.165, 1.54) is 24.3 Å². The number of alkyl halides is 2. The van der Waals surface area contributed by atoms with Crippen molar-refractivity contribution in [1.82, 2.24) is 4.98 Å². The van der Waals surface area contributed by atoms with Gasteiger partial charge in [-0.05, 0) is 49.6 Å². The van der Waals surface area contributed by atoms with Crippen LogP contribution in [-0.2, 0) is 16.7 Å². The number of rotatable bonds is 6. The third kappa shape index (κ3) is 3.59. The van der Waals surface area contributed by atoms with Crippen molar-refractivity contribution in [2.75, 3.05) is 6.61 Å². The molecule has 1 aliphatic carbocycles. The average molecular weight is 419 g/mol. The first kappa shape index (κ1) is 20.2. The van der Waals surface area contributed by atoms with Gasteiger partial charge in [-0.1, -0.05) is 6.07 Å². The van der Waals surface area contributed by atoms with Gasteiger partial charge in [0, 0.05) is 17.4 Å². The number of ketones is 1. The minimum atomic E-state index is -2.97. The Morgan fingerprint density at radius 2 is 2.07 bits per heavy atom. The molecular weight excluding hydrogens is 399 g/mol. The highest BCUT2D eigenvalue weighted by Gasteiger charge is 2.61. The number of hydrogen-bond donors (Lipinski definition) is 1. The maximum absolute atomic E-state index is 14.8. The summed E-state index contributed by atoms with van der Waals surface area (Å²) >= 11 is 0. The van der Waals surface area contributed by atoms with E-state index in [1.807, 2.05) is 6.92 Å². The molecule has 30 heavy (non-hydrogen) atoms. The molecule has 0 bridgehead atoms. The third-order valence-electron chi connectivity index (χ3n) is 5.88. The molecule has 1 fully saturated rings. The maximum Gasteiger partial charge on any atom is 0.387 e. The number of amidine groups is 1. The zero-order valence-electron chi connectivity index (χ0n) is 16.2. The van der Waals surface area contributed by atoms with Gasteiger partial charge in [-0.15, -0.1) is 0 Å². The van der Waals surface area contributed by atoms with Gasteiger partial charge < -0.3 is 15.2 Å². The molecule has 2 heterocycles. The molecule has 2 aliphatic rings. The van der Waals surface area contributed by atoms with Crippen LogP contribution < -0.4 is 10.5 Å². The summed E-state index contributed by atoms with van der Waals surface area (Å²) in [5.74, 6) is -0.897. The summed E-state index contributed by atoms with van der Waals surface area (Å²) in [6, 6.07) is 7.05. The van der Waals surface area contributed by atoms with Gasteiger partial charge in [0.2, 0.25) is 0 Å². The lowest BCUT2D eigenvalue weighted by molar-refractivity contribution is -0.0500. The van der Waals surface area contributed by atoms with Gasteiger partial charge in [-0.25, -0.2) is 14.4 Å². The summed E-state index contributed by atoms with van der Waals surface area (Å²) in [6.07, 6.45) is 2.72. The Morgan fingerprint density at radius 1 is 1.30 bits per heavy atom. The van der Waals surface area contributed by atoms with Crippen LogP contribution in [0.5, 0.6) is 5.75 Å². The standard InChI is InChI=1S/C21H20F3N3O3/c1-20(21(6-7-21)11-29-19(25)27-20)14-8-12(2-4-15(14)22)9-17(28)16-5-3-13(10-26-16)30-18(23)24/h2-5,8,10,18H,6-7,9,11H2,1H3,(H2,25,27)/t20-/m1/s1. The van der Waals surface area contributed by atoms with Crippen molar-refractivity contribution in [2.24, 2.45) is 16.1 Å². The van der Waals surface area contributed by atoms with Crippen LogP contribution in [0.2, 0.25) is 0 Å². The molecular formula is C21H20F3N3O3. The third-order valence-corrected chi connectivity index (χ3v) is 5.88. The molecule has 9 heteroatoms. The fourth-order valence-corrected chi connectivity index (χ4v) is 3.90. The Labute approximate surface area is 170 Å². The predicted molar refractivity (Wildman–Crippen MR) is 102 cm³/mol. The molecule has 158 valence electrons. The number of pyridine rings is 1. The van der Waals surface area contributed by atoms with Gasteiger partial charge in [0.05, 0.1) is 18.3 Å². The van der Waals surface area contributed by atoms with Crippen LogP contribution in [0, 0.1) is 11.2 Å². The Kier molecular flexibility index (Phi) is 4.91. The minimum Gasteiger partial charge on any atom is -0.465 e. The number of carbonyl (C=O) groups is 1. The van der Waals surface area contributed by atoms with Gasteiger partial charge in [0.15, 0.2) is 5.78 Å². The van der Waals surface area contributed by atoms with E-state index in [-0.39, 0.29) is 35.1 Å². The van der Waals surface area contributed by atoms with Gasteiger partial charge in [-0.3, -0.25) is 4.79 Å². The molecule has 2 aromatic rings. The molecule has 0 unspecified atom stereocenters. The molecule has 0 radical (unpaired) electrons. The molecule has 6 nitrogen and oxygen atoms in total. The lowest BCUT2D eigenvalue weighted by Crippen LogP contribution is -2.43. The van der Waals surface area contributed by atoms with Crippen molar-refractivity contribution >= 4 is 11.8 Å². The number of nitrogens with two attached hydrogens (primary N) is 1. The first-order valence-electron chi connectivity index (χ1n) is 9.44. The normalized spacial score (nSPS) is 21.8. The van der Waals surface area contributed by atoms with E-state index >= 15 is 0 Å². The number of hydrogen-bond acceptors (Lipinski definition) is 6. The number of benzene rings is 1. The fraction of sp³-hybridized carbons (Fsp3) is 0.381. The van der Waals surface area contributed by atoms with Crippen LogP contribution in [0.4, 0.5) is 13.2 Å². The molecule has 1 spiro atoms. The lowest BCUT2D eigenvalue weighted by atomic mass is 9.76. The lowest BCUT2D eigenvalue weighted by Gasteiger charge is -2.38. The van der Waals surface area contributed by atoms with Crippen LogP contribution in [0.1, 0.15) is 41.4 Å². The van der Waals surface area contributed by atoms with Crippen LogP contribution >= 0.6 is 0 Å². The maximum atomic E-state index is 14.8. The number of aliphatic imine (C=N–C) groups is 1. The van der Waals surface area contributed by atoms with Gasteiger partial charge >= 0.3 is 6.61 Å². The van der Waals surface area contributed by atoms with Crippen LogP contribution in [0.3, 0.4) is 0 Å². The number of aromatic nitrogens is 1. The average Bonchev–Trinajstić information content (AvgIpc) is 3.48. The second-order valence-electron chi connectivity index (χ2n) is 7.76. The van der Waals surface area contributed by atoms with E-state index < -0.39 is 18.0 Å². The number of Topliss-reactive ketones (excluding diaryl/α,β-unsaturated/α-hetero) is 1. The smallest absolute Gasteiger partial charge is 0.387 e. The Balaban J connectivity index is 1.58. The monoisotopic (exact) mass is 419 g/mol. The van der Waals surface area contributed by atoms with E-state index in [9.17, 15) is 18.0 Å². The summed E-state index contributed by atoms with van der Waals surface area (Å²) in [5, 5.41) is 0. The summed E-state index contributed by atoms with van der Waals surface area (Å²) < 4.78 is 48.9. The molecule has 1 aromatic heterocycles. The largest absolute Gasteiger partial charge is 0.465 e. The number of ether oxygens (including phenoxy) is 2. The Bertz CT molecular complexity index is 1010. The van der Waals surface area contributed by atoms with E-state index in [0.29, 0.717) is 17.7 Å². The van der Waals surface area contributed by atoms with Crippen molar-refractivity contribution < 1.29 is 27.4 Å². The molecule has 0 saturated heterocycles. The summed E-state index contributed by atoms with van der Waals surface area (Å²) in [5.41, 5.74) is 5.63. The predicted octanol–water partition coefficient (Wildman–Crippen LogP) is 3.59. The van der Waals surface area contributed by atoms with E-state index in [4.69, 9.17) is 10.5 Å². The van der Waals surface area contributed by atoms with Gasteiger partial charge in [0.25, 0.3) is 6.02 Å². The summed E-state index contributed by atoms with van der Waals surface area (Å²) in [4.78, 5) is 20.9. The zero-order chi connectivity index (χ0) is 21.5. The molecule has 4 rings (SSSR count). The second-order valence-corrected chi connectivity index (χ2v) is 7.76. The molecule has 1 atom stereocenters. The number of carbonyl (C=O) groups excluding carboxylic acids is 1. The molecule has 1 aromatic carbocycles. The summed E-state index contributed by atoms with van der Waals surface area (Å²) in [7, 11) is 0. The van der Waals surface area contributed by atoms with Crippen LogP contribution in [0.15, 0.2) is 41.5 Å². The van der Waals surface area contributed by atoms with Crippen molar-refractivity contribution in [3.8, 4) is 5.75 Å². The molecule has 1 aliphatic heterocycles. The Morgan fingerprint density at radius 3 is 2.70 bits per heavy atom. The first-order valence-corrected chi connectivity index (χ1v) is 9.44. The topological polar surface area (TPSA) is 86.8 Å². The summed E-state index contributed by atoms with van der Waals surface area (Å²) in [6.45, 7) is -0.759. The van der Waals surface area contributed by atoms with Crippen LogP contribution in [-0.4, -0.2) is 30.0 Å². The van der Waals surface area contributed by atoms with E-state index in [0.717, 1.165) is 19.0 Å². The quantitative estimate of drug-likeness (QED) is 0.723. The van der Waals surface area contributed by atoms with Crippen molar-refractivity contribution in [3.63, 3.8) is 0 Å². The highest BCUT2D eigenvalue weighted by atomic mass is 19.3. The van der Waals surface area contributed by atoms with Gasteiger partial charge in [0.1, 0.15) is 17.3 Å². The second kappa shape index (κ2) is 7.30. The minimum absolute atomic E-state index is 0.0196. The van der Waals surface area contributed by atoms with Crippen molar-refractivity contribution in [2.45, 2.75) is 38.3 Å². The van der Waals surface area contributed by atoms with E-state index in [1.54, 1.807) is 6.07 Å². The highest BCUT2D eigenvalue weighted by molar-refractivity contribution is 5.95. The van der Waals surface area contributed by atoms with Crippen molar-refractivity contribution in [1.29, 1.82) is 0 Å². The first-order chi connectivity index (χ1) is 14.2. The molecule has 1 saturated carbocycles.